The molecule has 1 fully saturated rings. The highest BCUT2D eigenvalue weighted by Gasteiger charge is 2.22. The number of benzene rings is 2. The van der Waals surface area contributed by atoms with Gasteiger partial charge in [0.2, 0.25) is 0 Å². The van der Waals surface area contributed by atoms with Gasteiger partial charge in [-0.05, 0) is 36.4 Å². The standard InChI is InChI=1S/C25H21N5O3/c1-32-23-14-19(6-7-20(23)25(31)29-10-12-33-13-11-29)21-8-9-24-27-16-22(30(24)28-21)18-4-2-17(15-26)3-5-18/h2-9,14,16H,10-13H2,1H3. The Bertz CT molecular complexity index is 1370. The molecule has 0 N–H and O–H groups in total. The van der Waals surface area contributed by atoms with E-state index in [0.717, 1.165) is 22.5 Å². The Hall–Kier alpha value is -4.22. The van der Waals surface area contributed by atoms with E-state index in [0.29, 0.717) is 48.8 Å². The van der Waals surface area contributed by atoms with Crippen LogP contribution in [0.25, 0.3) is 28.2 Å². The molecule has 1 aliphatic heterocycles. The molecule has 8 nitrogen and oxygen atoms in total. The Morgan fingerprint density at radius 3 is 2.55 bits per heavy atom. The SMILES string of the molecule is COc1cc(-c2ccc3ncc(-c4ccc(C#N)cc4)n3n2)ccc1C(=O)N1CCOCC1. The third-order valence-electron chi connectivity index (χ3n) is 5.70. The van der Waals surface area contributed by atoms with Crippen molar-refractivity contribution in [2.75, 3.05) is 33.4 Å². The Morgan fingerprint density at radius 1 is 1.06 bits per heavy atom. The van der Waals surface area contributed by atoms with Gasteiger partial charge in [0.25, 0.3) is 5.91 Å². The van der Waals surface area contributed by atoms with Crippen molar-refractivity contribution in [1.29, 1.82) is 5.26 Å². The molecule has 0 atom stereocenters. The number of aromatic nitrogens is 3. The molecule has 1 amide bonds. The lowest BCUT2D eigenvalue weighted by Gasteiger charge is -2.27. The number of rotatable bonds is 4. The zero-order valence-corrected chi connectivity index (χ0v) is 18.1. The Labute approximate surface area is 190 Å². The maximum atomic E-state index is 13.0. The summed E-state index contributed by atoms with van der Waals surface area (Å²) in [6.45, 7) is 2.23. The molecule has 3 heterocycles. The van der Waals surface area contributed by atoms with Crippen LogP contribution in [0.15, 0.2) is 60.8 Å². The van der Waals surface area contributed by atoms with Crippen molar-refractivity contribution in [2.45, 2.75) is 0 Å². The average Bonchev–Trinajstić information content (AvgIpc) is 3.31. The monoisotopic (exact) mass is 439 g/mol. The predicted molar refractivity (Wildman–Crippen MR) is 122 cm³/mol. The van der Waals surface area contributed by atoms with Crippen LogP contribution in [0.1, 0.15) is 15.9 Å². The summed E-state index contributed by atoms with van der Waals surface area (Å²) in [4.78, 5) is 19.2. The van der Waals surface area contributed by atoms with Crippen LogP contribution in [0.5, 0.6) is 5.75 Å². The molecule has 0 spiro atoms. The summed E-state index contributed by atoms with van der Waals surface area (Å²) in [5.41, 5.74) is 5.11. The molecule has 0 aliphatic carbocycles. The summed E-state index contributed by atoms with van der Waals surface area (Å²) in [6, 6.07) is 18.7. The number of methoxy groups -OCH3 is 1. The number of carbonyl (C=O) groups is 1. The summed E-state index contributed by atoms with van der Waals surface area (Å²) < 4.78 is 12.7. The smallest absolute Gasteiger partial charge is 0.257 e. The first-order valence-electron chi connectivity index (χ1n) is 10.6. The molecule has 1 saturated heterocycles. The number of nitrogens with zero attached hydrogens (tertiary/aromatic N) is 5. The number of ether oxygens (including phenoxy) is 2. The first-order chi connectivity index (χ1) is 16.2. The van der Waals surface area contributed by atoms with E-state index in [9.17, 15) is 4.79 Å². The minimum Gasteiger partial charge on any atom is -0.496 e. The molecule has 0 radical (unpaired) electrons. The molecule has 2 aromatic heterocycles. The topological polar surface area (TPSA) is 92.8 Å². The van der Waals surface area contributed by atoms with Gasteiger partial charge in [-0.2, -0.15) is 10.4 Å². The second kappa shape index (κ2) is 8.73. The number of fused-ring (bicyclic) bond motifs is 1. The number of morpholine rings is 1. The second-order valence-corrected chi connectivity index (χ2v) is 7.64. The molecule has 0 unspecified atom stereocenters. The zero-order chi connectivity index (χ0) is 22.8. The van der Waals surface area contributed by atoms with E-state index in [1.54, 1.807) is 40.9 Å². The van der Waals surface area contributed by atoms with Gasteiger partial charge < -0.3 is 14.4 Å². The molecule has 1 aliphatic rings. The van der Waals surface area contributed by atoms with Crippen molar-refractivity contribution in [2.24, 2.45) is 0 Å². The van der Waals surface area contributed by atoms with Gasteiger partial charge in [0.1, 0.15) is 5.75 Å². The van der Waals surface area contributed by atoms with E-state index in [2.05, 4.69) is 11.1 Å². The molecule has 0 bridgehead atoms. The first-order valence-corrected chi connectivity index (χ1v) is 10.6. The number of hydrogen-bond acceptors (Lipinski definition) is 6. The fraction of sp³-hybridized carbons (Fsp3) is 0.200. The number of hydrogen-bond donors (Lipinski definition) is 0. The van der Waals surface area contributed by atoms with Crippen LogP contribution < -0.4 is 4.74 Å². The summed E-state index contributed by atoms with van der Waals surface area (Å²) in [7, 11) is 1.56. The summed E-state index contributed by atoms with van der Waals surface area (Å²) in [5.74, 6) is 0.437. The van der Waals surface area contributed by atoms with E-state index >= 15 is 0 Å². The first kappa shape index (κ1) is 20.7. The van der Waals surface area contributed by atoms with Gasteiger partial charge in [0, 0.05) is 24.2 Å². The summed E-state index contributed by atoms with van der Waals surface area (Å²) in [5, 5.41) is 13.8. The lowest BCUT2D eigenvalue weighted by molar-refractivity contribution is 0.0301. The van der Waals surface area contributed by atoms with Gasteiger partial charge in [0.15, 0.2) is 5.65 Å². The van der Waals surface area contributed by atoms with Crippen LogP contribution in [0.2, 0.25) is 0 Å². The number of amides is 1. The van der Waals surface area contributed by atoms with Gasteiger partial charge in [-0.3, -0.25) is 4.79 Å². The lowest BCUT2D eigenvalue weighted by atomic mass is 10.1. The van der Waals surface area contributed by atoms with Crippen molar-refractivity contribution in [3.8, 4) is 34.3 Å². The lowest BCUT2D eigenvalue weighted by Crippen LogP contribution is -2.40. The summed E-state index contributed by atoms with van der Waals surface area (Å²) >= 11 is 0. The minimum atomic E-state index is -0.0668. The number of imidazole rings is 1. The minimum absolute atomic E-state index is 0.0668. The van der Waals surface area contributed by atoms with Crippen LogP contribution in [0.4, 0.5) is 0 Å². The second-order valence-electron chi connectivity index (χ2n) is 7.64. The quantitative estimate of drug-likeness (QED) is 0.484. The van der Waals surface area contributed by atoms with Crippen molar-refractivity contribution >= 4 is 11.6 Å². The third kappa shape index (κ3) is 3.90. The van der Waals surface area contributed by atoms with Crippen LogP contribution in [-0.2, 0) is 4.74 Å². The van der Waals surface area contributed by atoms with Crippen molar-refractivity contribution in [3.05, 3.63) is 71.9 Å². The Morgan fingerprint density at radius 2 is 1.82 bits per heavy atom. The highest BCUT2D eigenvalue weighted by Crippen LogP contribution is 2.29. The number of carbonyl (C=O) groups excluding carboxylic acids is 1. The van der Waals surface area contributed by atoms with Crippen LogP contribution in [0.3, 0.4) is 0 Å². The van der Waals surface area contributed by atoms with Crippen molar-refractivity contribution in [3.63, 3.8) is 0 Å². The predicted octanol–water partition coefficient (Wildman–Crippen LogP) is 3.42. The van der Waals surface area contributed by atoms with Crippen molar-refractivity contribution in [1.82, 2.24) is 19.5 Å². The van der Waals surface area contributed by atoms with E-state index in [-0.39, 0.29) is 5.91 Å². The molecule has 4 aromatic rings. The zero-order valence-electron chi connectivity index (χ0n) is 18.1. The fourth-order valence-electron chi connectivity index (χ4n) is 3.90. The van der Waals surface area contributed by atoms with Crippen LogP contribution in [0, 0.1) is 11.3 Å². The highest BCUT2D eigenvalue weighted by atomic mass is 16.5. The molecule has 2 aromatic carbocycles. The molecule has 0 saturated carbocycles. The largest absolute Gasteiger partial charge is 0.496 e. The molecular weight excluding hydrogens is 418 g/mol. The molecule has 5 rings (SSSR count). The summed E-state index contributed by atoms with van der Waals surface area (Å²) in [6.07, 6.45) is 1.76. The van der Waals surface area contributed by atoms with Gasteiger partial charge in [-0.25, -0.2) is 9.50 Å². The maximum Gasteiger partial charge on any atom is 0.257 e. The van der Waals surface area contributed by atoms with Crippen molar-refractivity contribution < 1.29 is 14.3 Å². The van der Waals surface area contributed by atoms with E-state index in [4.69, 9.17) is 19.8 Å². The van der Waals surface area contributed by atoms with E-state index in [1.165, 1.54) is 0 Å². The van der Waals surface area contributed by atoms with Gasteiger partial charge in [-0.1, -0.05) is 18.2 Å². The fourth-order valence-corrected chi connectivity index (χ4v) is 3.90. The van der Waals surface area contributed by atoms with Crippen LogP contribution in [-0.4, -0.2) is 58.8 Å². The average molecular weight is 439 g/mol. The Kier molecular flexibility index (Phi) is 5.47. The molecule has 164 valence electrons. The highest BCUT2D eigenvalue weighted by molar-refractivity contribution is 5.97. The Balaban J connectivity index is 1.51. The molecule has 33 heavy (non-hydrogen) atoms. The van der Waals surface area contributed by atoms with Crippen LogP contribution >= 0.6 is 0 Å². The maximum absolute atomic E-state index is 13.0. The third-order valence-corrected chi connectivity index (χ3v) is 5.70. The molecular formula is C25H21N5O3. The van der Waals surface area contributed by atoms with Gasteiger partial charge in [-0.15, -0.1) is 0 Å². The van der Waals surface area contributed by atoms with E-state index < -0.39 is 0 Å². The van der Waals surface area contributed by atoms with E-state index in [1.807, 2.05) is 36.4 Å². The van der Waals surface area contributed by atoms with Gasteiger partial charge in [0.05, 0.1) is 55.1 Å². The normalized spacial score (nSPS) is 13.6. The molecule has 8 heteroatoms. The number of nitriles is 1. The van der Waals surface area contributed by atoms with Gasteiger partial charge >= 0.3 is 0 Å².